The summed E-state index contributed by atoms with van der Waals surface area (Å²) in [5.41, 5.74) is 0.504. The highest BCUT2D eigenvalue weighted by Crippen LogP contribution is 2.43. The van der Waals surface area contributed by atoms with Crippen LogP contribution in [-0.2, 0) is 4.79 Å². The number of carboxylic acid groups (broad SMARTS) is 1. The van der Waals surface area contributed by atoms with Gasteiger partial charge in [0.1, 0.15) is 4.34 Å². The molecule has 0 aromatic carbocycles. The number of halogens is 1. The van der Waals surface area contributed by atoms with Crippen molar-refractivity contribution in [2.24, 2.45) is 5.92 Å². The van der Waals surface area contributed by atoms with E-state index in [0.717, 1.165) is 12.8 Å². The SMILES string of the molecule is O=C(O)C1CC2CCC1N2C(=O)c1ccsc1Cl. The molecule has 4 nitrogen and oxygen atoms in total. The average Bonchev–Trinajstić information content (AvgIpc) is 3.01. The van der Waals surface area contributed by atoms with Crippen molar-refractivity contribution in [3.63, 3.8) is 0 Å². The lowest BCUT2D eigenvalue weighted by atomic mass is 9.89. The van der Waals surface area contributed by atoms with Crippen molar-refractivity contribution < 1.29 is 14.7 Å². The van der Waals surface area contributed by atoms with Gasteiger partial charge in [0.15, 0.2) is 0 Å². The molecule has 3 unspecified atom stereocenters. The highest BCUT2D eigenvalue weighted by atomic mass is 35.5. The Hall–Kier alpha value is -1.07. The van der Waals surface area contributed by atoms with E-state index in [1.165, 1.54) is 11.3 Å². The minimum Gasteiger partial charge on any atom is -0.481 e. The predicted molar refractivity (Wildman–Crippen MR) is 68.1 cm³/mol. The molecular weight excluding hydrogens is 274 g/mol. The second-order valence-corrected chi connectivity index (χ2v) is 6.32. The minimum absolute atomic E-state index is 0.0690. The van der Waals surface area contributed by atoms with Gasteiger partial charge in [0.05, 0.1) is 11.5 Å². The quantitative estimate of drug-likeness (QED) is 0.908. The smallest absolute Gasteiger partial charge is 0.308 e. The number of thiophene rings is 1. The van der Waals surface area contributed by atoms with E-state index in [4.69, 9.17) is 16.7 Å². The van der Waals surface area contributed by atoms with Gasteiger partial charge in [0.25, 0.3) is 5.91 Å². The number of carbonyl (C=O) groups excluding carboxylic acids is 1. The van der Waals surface area contributed by atoms with Crippen LogP contribution in [0.25, 0.3) is 0 Å². The molecule has 3 rings (SSSR count). The Morgan fingerprint density at radius 3 is 2.78 bits per heavy atom. The van der Waals surface area contributed by atoms with Crippen molar-refractivity contribution in [1.82, 2.24) is 4.90 Å². The topological polar surface area (TPSA) is 57.6 Å². The van der Waals surface area contributed by atoms with Crippen molar-refractivity contribution in [1.29, 1.82) is 0 Å². The van der Waals surface area contributed by atoms with Crippen molar-refractivity contribution in [2.75, 3.05) is 0 Å². The van der Waals surface area contributed by atoms with Crippen LogP contribution >= 0.6 is 22.9 Å². The second-order valence-electron chi connectivity index (χ2n) is 4.80. The standard InChI is InChI=1S/C12H12ClNO3S/c13-10-7(3-4-18-10)11(15)14-6-1-2-9(14)8(5-6)12(16)17/h3-4,6,8-9H,1-2,5H2,(H,16,17). The third kappa shape index (κ3) is 1.65. The van der Waals surface area contributed by atoms with Gasteiger partial charge in [0, 0.05) is 12.1 Å². The first-order valence-corrected chi connectivity index (χ1v) is 7.14. The van der Waals surface area contributed by atoms with E-state index in [1.807, 2.05) is 0 Å². The first-order chi connectivity index (χ1) is 8.59. The molecule has 96 valence electrons. The zero-order valence-electron chi connectivity index (χ0n) is 9.51. The van der Waals surface area contributed by atoms with Crippen molar-refractivity contribution in [3.8, 4) is 0 Å². The summed E-state index contributed by atoms with van der Waals surface area (Å²) < 4.78 is 0.484. The first kappa shape index (κ1) is 12.0. The Morgan fingerprint density at radius 1 is 1.44 bits per heavy atom. The number of hydrogen-bond acceptors (Lipinski definition) is 3. The molecule has 1 N–H and O–H groups in total. The Bertz CT molecular complexity index is 515. The van der Waals surface area contributed by atoms with Crippen LogP contribution in [0.1, 0.15) is 29.6 Å². The third-order valence-electron chi connectivity index (χ3n) is 3.94. The molecule has 0 aliphatic carbocycles. The van der Waals surface area contributed by atoms with Crippen LogP contribution in [0.4, 0.5) is 0 Å². The summed E-state index contributed by atoms with van der Waals surface area (Å²) in [6.45, 7) is 0. The molecule has 2 aliphatic heterocycles. The Labute approximate surface area is 113 Å². The molecule has 0 saturated carbocycles. The van der Waals surface area contributed by atoms with E-state index in [2.05, 4.69) is 0 Å². The number of aliphatic carboxylic acids is 1. The van der Waals surface area contributed by atoms with Crippen LogP contribution in [0.3, 0.4) is 0 Å². The molecule has 1 aromatic rings. The molecule has 2 saturated heterocycles. The lowest BCUT2D eigenvalue weighted by Gasteiger charge is -2.22. The molecule has 2 bridgehead atoms. The fourth-order valence-corrected chi connectivity index (χ4v) is 4.06. The van der Waals surface area contributed by atoms with Crippen molar-refractivity contribution in [2.45, 2.75) is 31.3 Å². The fourth-order valence-electron chi connectivity index (χ4n) is 3.16. The van der Waals surface area contributed by atoms with Gasteiger partial charge in [-0.1, -0.05) is 11.6 Å². The third-order valence-corrected chi connectivity index (χ3v) is 5.11. The van der Waals surface area contributed by atoms with Gasteiger partial charge >= 0.3 is 5.97 Å². The van der Waals surface area contributed by atoms with Crippen molar-refractivity contribution >= 4 is 34.8 Å². The lowest BCUT2D eigenvalue weighted by molar-refractivity contribution is -0.142. The van der Waals surface area contributed by atoms with Gasteiger partial charge in [-0.3, -0.25) is 9.59 Å². The molecule has 1 aromatic heterocycles. The molecule has 3 heterocycles. The van der Waals surface area contributed by atoms with Gasteiger partial charge in [-0.15, -0.1) is 11.3 Å². The second kappa shape index (κ2) is 4.24. The average molecular weight is 286 g/mol. The molecule has 3 atom stereocenters. The largest absolute Gasteiger partial charge is 0.481 e. The van der Waals surface area contributed by atoms with Gasteiger partial charge in [-0.05, 0) is 30.7 Å². The maximum Gasteiger partial charge on any atom is 0.308 e. The molecule has 6 heteroatoms. The molecule has 18 heavy (non-hydrogen) atoms. The van der Waals surface area contributed by atoms with Crippen LogP contribution in [0.15, 0.2) is 11.4 Å². The first-order valence-electron chi connectivity index (χ1n) is 5.88. The number of nitrogens with zero attached hydrogens (tertiary/aromatic N) is 1. The number of rotatable bonds is 2. The minimum atomic E-state index is -0.795. The summed E-state index contributed by atoms with van der Waals surface area (Å²) >= 11 is 7.31. The van der Waals surface area contributed by atoms with Gasteiger partial charge in [0.2, 0.25) is 0 Å². The van der Waals surface area contributed by atoms with E-state index < -0.39 is 11.9 Å². The fraction of sp³-hybridized carbons (Fsp3) is 0.500. The highest BCUT2D eigenvalue weighted by molar-refractivity contribution is 7.14. The molecule has 1 amide bonds. The molecule has 0 radical (unpaired) electrons. The number of hydrogen-bond donors (Lipinski definition) is 1. The zero-order valence-corrected chi connectivity index (χ0v) is 11.1. The maximum absolute atomic E-state index is 12.4. The summed E-state index contributed by atoms with van der Waals surface area (Å²) in [6, 6.07) is 1.62. The zero-order chi connectivity index (χ0) is 12.9. The normalized spacial score (nSPS) is 29.8. The Morgan fingerprint density at radius 2 is 2.22 bits per heavy atom. The number of carboxylic acids is 1. The summed E-state index contributed by atoms with van der Waals surface area (Å²) in [6.07, 6.45) is 2.27. The van der Waals surface area contributed by atoms with Crippen LogP contribution in [0, 0.1) is 5.92 Å². The van der Waals surface area contributed by atoms with Gasteiger partial charge in [-0.2, -0.15) is 0 Å². The Balaban J connectivity index is 1.88. The van der Waals surface area contributed by atoms with E-state index in [1.54, 1.807) is 16.3 Å². The van der Waals surface area contributed by atoms with Gasteiger partial charge < -0.3 is 10.0 Å². The highest BCUT2D eigenvalue weighted by Gasteiger charge is 2.51. The van der Waals surface area contributed by atoms with Gasteiger partial charge in [-0.25, -0.2) is 0 Å². The maximum atomic E-state index is 12.4. The van der Waals surface area contributed by atoms with E-state index in [9.17, 15) is 9.59 Å². The molecule has 2 fully saturated rings. The van der Waals surface area contributed by atoms with E-state index in [0.29, 0.717) is 16.3 Å². The Kier molecular flexibility index (Phi) is 2.83. The van der Waals surface area contributed by atoms with Crippen LogP contribution in [-0.4, -0.2) is 34.0 Å². The van der Waals surface area contributed by atoms with E-state index >= 15 is 0 Å². The molecule has 2 aliphatic rings. The predicted octanol–water partition coefficient (Wildman–Crippen LogP) is 2.48. The van der Waals surface area contributed by atoms with E-state index in [-0.39, 0.29) is 18.0 Å². The lowest BCUT2D eigenvalue weighted by Crippen LogP contribution is -2.37. The molecule has 0 spiro atoms. The summed E-state index contributed by atoms with van der Waals surface area (Å²) in [5.74, 6) is -1.32. The summed E-state index contributed by atoms with van der Waals surface area (Å²) in [5, 5.41) is 10.9. The molecular formula is C12H12ClNO3S. The van der Waals surface area contributed by atoms with Crippen LogP contribution in [0.2, 0.25) is 4.34 Å². The summed E-state index contributed by atoms with van der Waals surface area (Å²) in [7, 11) is 0. The summed E-state index contributed by atoms with van der Waals surface area (Å²) in [4.78, 5) is 25.3. The monoisotopic (exact) mass is 285 g/mol. The number of carbonyl (C=O) groups is 2. The van der Waals surface area contributed by atoms with Crippen LogP contribution < -0.4 is 0 Å². The number of amides is 1. The number of fused-ring (bicyclic) bond motifs is 2. The van der Waals surface area contributed by atoms with Crippen molar-refractivity contribution in [3.05, 3.63) is 21.3 Å². The van der Waals surface area contributed by atoms with Crippen LogP contribution in [0.5, 0.6) is 0 Å².